The van der Waals surface area contributed by atoms with E-state index in [0.29, 0.717) is 16.2 Å². The number of carbonyl (C=O) groups is 1. The number of pyridine rings is 1. The number of thiocarbonyl (C=S) groups is 1. The molecular formula is C12H16N4OS. The van der Waals surface area contributed by atoms with E-state index < -0.39 is 0 Å². The Kier molecular flexibility index (Phi) is 4.09. The Morgan fingerprint density at radius 3 is 2.89 bits per heavy atom. The molecule has 0 aliphatic carbocycles. The first kappa shape index (κ1) is 12.8. The second-order valence-electron chi connectivity index (χ2n) is 4.23. The second-order valence-corrected chi connectivity index (χ2v) is 4.67. The van der Waals surface area contributed by atoms with Gasteiger partial charge in [0, 0.05) is 24.8 Å². The first-order chi connectivity index (χ1) is 8.68. The summed E-state index contributed by atoms with van der Waals surface area (Å²) in [6.07, 6.45) is 5.45. The number of aromatic nitrogens is 1. The average molecular weight is 264 g/mol. The minimum atomic E-state index is 0.102. The summed E-state index contributed by atoms with van der Waals surface area (Å²) in [5.41, 5.74) is 7.03. The standard InChI is InChI=1S/C12H16N4OS/c13-12(18)9-3-4-14-7-10(9)15-8-11(17)16-5-1-2-6-16/h3-4,7,15H,1-2,5-6,8H2,(H2,13,18). The highest BCUT2D eigenvalue weighted by Crippen LogP contribution is 2.13. The summed E-state index contributed by atoms with van der Waals surface area (Å²) >= 11 is 4.95. The zero-order chi connectivity index (χ0) is 13.0. The van der Waals surface area contributed by atoms with Crippen molar-refractivity contribution in [3.63, 3.8) is 0 Å². The number of likely N-dealkylation sites (tertiary alicyclic amines) is 1. The fourth-order valence-electron chi connectivity index (χ4n) is 2.00. The van der Waals surface area contributed by atoms with Crippen LogP contribution in [-0.2, 0) is 4.79 Å². The summed E-state index contributed by atoms with van der Waals surface area (Å²) in [4.78, 5) is 18.0. The minimum Gasteiger partial charge on any atom is -0.389 e. The molecule has 1 aliphatic rings. The first-order valence-corrected chi connectivity index (χ1v) is 6.35. The van der Waals surface area contributed by atoms with Gasteiger partial charge in [-0.25, -0.2) is 0 Å². The van der Waals surface area contributed by atoms with Gasteiger partial charge in [-0.1, -0.05) is 12.2 Å². The molecule has 3 N–H and O–H groups in total. The highest BCUT2D eigenvalue weighted by molar-refractivity contribution is 7.80. The highest BCUT2D eigenvalue weighted by Gasteiger charge is 2.17. The zero-order valence-electron chi connectivity index (χ0n) is 10.1. The highest BCUT2D eigenvalue weighted by atomic mass is 32.1. The van der Waals surface area contributed by atoms with Crippen LogP contribution in [0.5, 0.6) is 0 Å². The molecule has 1 saturated heterocycles. The number of hydrogen-bond donors (Lipinski definition) is 2. The molecule has 1 amide bonds. The normalized spacial score (nSPS) is 14.6. The van der Waals surface area contributed by atoms with E-state index in [1.165, 1.54) is 0 Å². The first-order valence-electron chi connectivity index (χ1n) is 5.94. The van der Waals surface area contributed by atoms with Gasteiger partial charge in [0.1, 0.15) is 4.99 Å². The Balaban J connectivity index is 1.97. The van der Waals surface area contributed by atoms with E-state index in [-0.39, 0.29) is 12.5 Å². The molecule has 0 spiro atoms. The van der Waals surface area contributed by atoms with Gasteiger partial charge >= 0.3 is 0 Å². The second kappa shape index (κ2) is 5.77. The van der Waals surface area contributed by atoms with Crippen molar-refractivity contribution >= 4 is 28.8 Å². The molecule has 0 unspecified atom stereocenters. The van der Waals surface area contributed by atoms with E-state index in [2.05, 4.69) is 10.3 Å². The number of anilines is 1. The Labute approximate surface area is 111 Å². The van der Waals surface area contributed by atoms with Crippen LogP contribution in [0.4, 0.5) is 5.69 Å². The topological polar surface area (TPSA) is 71.2 Å². The van der Waals surface area contributed by atoms with E-state index >= 15 is 0 Å². The average Bonchev–Trinajstić information content (AvgIpc) is 2.90. The van der Waals surface area contributed by atoms with Crippen LogP contribution in [0.3, 0.4) is 0 Å². The summed E-state index contributed by atoms with van der Waals surface area (Å²) in [5, 5.41) is 3.05. The maximum absolute atomic E-state index is 11.9. The Bertz CT molecular complexity index is 457. The number of nitrogens with one attached hydrogen (secondary N) is 1. The lowest BCUT2D eigenvalue weighted by Gasteiger charge is -2.16. The summed E-state index contributed by atoms with van der Waals surface area (Å²) in [7, 11) is 0. The maximum atomic E-state index is 11.9. The molecule has 0 radical (unpaired) electrons. The zero-order valence-corrected chi connectivity index (χ0v) is 10.9. The van der Waals surface area contributed by atoms with Gasteiger partial charge in [0.25, 0.3) is 0 Å². The van der Waals surface area contributed by atoms with Crippen molar-refractivity contribution in [2.45, 2.75) is 12.8 Å². The van der Waals surface area contributed by atoms with Crippen LogP contribution < -0.4 is 11.1 Å². The van der Waals surface area contributed by atoms with Crippen molar-refractivity contribution in [3.05, 3.63) is 24.0 Å². The summed E-state index contributed by atoms with van der Waals surface area (Å²) in [6, 6.07) is 1.74. The van der Waals surface area contributed by atoms with Crippen LogP contribution in [-0.4, -0.2) is 40.4 Å². The van der Waals surface area contributed by atoms with Crippen molar-refractivity contribution < 1.29 is 4.79 Å². The Morgan fingerprint density at radius 2 is 2.22 bits per heavy atom. The Morgan fingerprint density at radius 1 is 1.50 bits per heavy atom. The van der Waals surface area contributed by atoms with Gasteiger partial charge in [0.2, 0.25) is 5.91 Å². The van der Waals surface area contributed by atoms with Crippen molar-refractivity contribution in [2.24, 2.45) is 5.73 Å². The largest absolute Gasteiger partial charge is 0.389 e. The molecule has 1 aromatic heterocycles. The Hall–Kier alpha value is -1.69. The molecule has 0 aromatic carbocycles. The monoisotopic (exact) mass is 264 g/mol. The number of nitrogens with zero attached hydrogens (tertiary/aromatic N) is 2. The van der Waals surface area contributed by atoms with Crippen LogP contribution in [0.1, 0.15) is 18.4 Å². The van der Waals surface area contributed by atoms with Crippen LogP contribution >= 0.6 is 12.2 Å². The molecule has 0 atom stereocenters. The van der Waals surface area contributed by atoms with Crippen molar-refractivity contribution in [1.29, 1.82) is 0 Å². The number of rotatable bonds is 4. The van der Waals surface area contributed by atoms with E-state index in [1.807, 2.05) is 4.90 Å². The van der Waals surface area contributed by atoms with Crippen molar-refractivity contribution in [3.8, 4) is 0 Å². The molecule has 1 aromatic rings. The van der Waals surface area contributed by atoms with Crippen molar-refractivity contribution in [1.82, 2.24) is 9.88 Å². The van der Waals surface area contributed by atoms with Crippen LogP contribution in [0.2, 0.25) is 0 Å². The quantitative estimate of drug-likeness (QED) is 0.785. The molecule has 2 rings (SSSR count). The number of amides is 1. The van der Waals surface area contributed by atoms with E-state index in [1.54, 1.807) is 18.5 Å². The third-order valence-corrected chi connectivity index (χ3v) is 3.20. The molecule has 18 heavy (non-hydrogen) atoms. The molecule has 1 aliphatic heterocycles. The fourth-order valence-corrected chi connectivity index (χ4v) is 2.18. The van der Waals surface area contributed by atoms with Crippen LogP contribution in [0, 0.1) is 0 Å². The fraction of sp³-hybridized carbons (Fsp3) is 0.417. The molecule has 1 fully saturated rings. The number of nitrogens with two attached hydrogens (primary N) is 1. The summed E-state index contributed by atoms with van der Waals surface area (Å²) < 4.78 is 0. The number of hydrogen-bond acceptors (Lipinski definition) is 4. The predicted molar refractivity (Wildman–Crippen MR) is 74.4 cm³/mol. The van der Waals surface area contributed by atoms with Gasteiger partial charge in [0.05, 0.1) is 18.4 Å². The molecule has 6 heteroatoms. The minimum absolute atomic E-state index is 0.102. The molecule has 5 nitrogen and oxygen atoms in total. The van der Waals surface area contributed by atoms with Gasteiger partial charge in [-0.05, 0) is 18.9 Å². The smallest absolute Gasteiger partial charge is 0.241 e. The van der Waals surface area contributed by atoms with E-state index in [9.17, 15) is 4.79 Å². The molecule has 96 valence electrons. The summed E-state index contributed by atoms with van der Waals surface area (Å²) in [5.74, 6) is 0.102. The predicted octanol–water partition coefficient (Wildman–Crippen LogP) is 0.750. The lowest BCUT2D eigenvalue weighted by Crippen LogP contribution is -2.33. The van der Waals surface area contributed by atoms with Crippen LogP contribution in [0.15, 0.2) is 18.5 Å². The third kappa shape index (κ3) is 2.95. The lowest BCUT2D eigenvalue weighted by atomic mass is 10.2. The van der Waals surface area contributed by atoms with E-state index in [0.717, 1.165) is 25.9 Å². The maximum Gasteiger partial charge on any atom is 0.241 e. The molecule has 0 bridgehead atoms. The lowest BCUT2D eigenvalue weighted by molar-refractivity contribution is -0.128. The molecule has 2 heterocycles. The van der Waals surface area contributed by atoms with Gasteiger partial charge in [-0.3, -0.25) is 9.78 Å². The van der Waals surface area contributed by atoms with Gasteiger partial charge in [0.15, 0.2) is 0 Å². The van der Waals surface area contributed by atoms with Gasteiger partial charge < -0.3 is 16.0 Å². The SMILES string of the molecule is NC(=S)c1ccncc1NCC(=O)N1CCCC1. The van der Waals surface area contributed by atoms with Gasteiger partial charge in [-0.15, -0.1) is 0 Å². The third-order valence-electron chi connectivity index (χ3n) is 2.98. The van der Waals surface area contributed by atoms with E-state index in [4.69, 9.17) is 18.0 Å². The van der Waals surface area contributed by atoms with Crippen molar-refractivity contribution in [2.75, 3.05) is 25.0 Å². The molecule has 0 saturated carbocycles. The molecular weight excluding hydrogens is 248 g/mol. The number of carbonyl (C=O) groups excluding carboxylic acids is 1. The summed E-state index contributed by atoms with van der Waals surface area (Å²) in [6.45, 7) is 1.97. The van der Waals surface area contributed by atoms with Gasteiger partial charge in [-0.2, -0.15) is 0 Å². The van der Waals surface area contributed by atoms with Crippen LogP contribution in [0.25, 0.3) is 0 Å².